The number of carbonyl (C=O) groups excluding carboxylic acids is 2. The van der Waals surface area contributed by atoms with Crippen LogP contribution in [0.25, 0.3) is 0 Å². The zero-order valence-electron chi connectivity index (χ0n) is 19.9. The van der Waals surface area contributed by atoms with Crippen molar-refractivity contribution in [1.82, 2.24) is 9.88 Å². The SMILES string of the molecule is CC(=O)N1CCN(c2ccc(C(=O)Nc3ncccc3OCC3CCCCC3)cc2[N+](=O)[O-])CC1. The van der Waals surface area contributed by atoms with Gasteiger partial charge in [0.15, 0.2) is 11.6 Å². The van der Waals surface area contributed by atoms with Gasteiger partial charge in [-0.2, -0.15) is 0 Å². The van der Waals surface area contributed by atoms with Gasteiger partial charge >= 0.3 is 0 Å². The maximum atomic E-state index is 13.0. The third kappa shape index (κ3) is 6.06. The van der Waals surface area contributed by atoms with Crippen LogP contribution in [0.3, 0.4) is 0 Å². The molecule has 0 atom stereocenters. The topological polar surface area (TPSA) is 118 Å². The smallest absolute Gasteiger partial charge is 0.293 e. The Morgan fingerprint density at radius 3 is 2.57 bits per heavy atom. The van der Waals surface area contributed by atoms with Crippen molar-refractivity contribution in [2.45, 2.75) is 39.0 Å². The lowest BCUT2D eigenvalue weighted by molar-refractivity contribution is -0.384. The molecule has 2 amide bonds. The van der Waals surface area contributed by atoms with Crippen LogP contribution in [0, 0.1) is 16.0 Å². The third-order valence-electron chi connectivity index (χ3n) is 6.70. The number of nitrogens with one attached hydrogen (secondary N) is 1. The third-order valence-corrected chi connectivity index (χ3v) is 6.70. The molecule has 1 aromatic carbocycles. The van der Waals surface area contributed by atoms with E-state index in [1.807, 2.05) is 4.90 Å². The number of nitro groups is 1. The molecule has 0 bridgehead atoms. The lowest BCUT2D eigenvalue weighted by atomic mass is 9.90. The number of carbonyl (C=O) groups is 2. The van der Waals surface area contributed by atoms with Gasteiger partial charge in [-0.25, -0.2) is 4.98 Å². The van der Waals surface area contributed by atoms with Crippen LogP contribution in [0.5, 0.6) is 5.75 Å². The fraction of sp³-hybridized carbons (Fsp3) is 0.480. The van der Waals surface area contributed by atoms with Crippen LogP contribution in [0.15, 0.2) is 36.5 Å². The van der Waals surface area contributed by atoms with Crippen LogP contribution in [-0.2, 0) is 4.79 Å². The molecule has 35 heavy (non-hydrogen) atoms. The minimum Gasteiger partial charge on any atom is -0.489 e. The highest BCUT2D eigenvalue weighted by Gasteiger charge is 2.26. The van der Waals surface area contributed by atoms with E-state index in [9.17, 15) is 19.7 Å². The van der Waals surface area contributed by atoms with E-state index < -0.39 is 10.8 Å². The van der Waals surface area contributed by atoms with Crippen molar-refractivity contribution < 1.29 is 19.2 Å². The molecule has 0 radical (unpaired) electrons. The van der Waals surface area contributed by atoms with E-state index in [0.29, 0.717) is 56.0 Å². The first-order chi connectivity index (χ1) is 16.9. The molecule has 1 aliphatic heterocycles. The van der Waals surface area contributed by atoms with Crippen molar-refractivity contribution in [2.24, 2.45) is 5.92 Å². The van der Waals surface area contributed by atoms with E-state index >= 15 is 0 Å². The van der Waals surface area contributed by atoms with E-state index in [2.05, 4.69) is 10.3 Å². The Labute approximate surface area is 204 Å². The number of ether oxygens (including phenoxy) is 1. The number of nitro benzene ring substituents is 1. The monoisotopic (exact) mass is 481 g/mol. The van der Waals surface area contributed by atoms with Gasteiger partial charge in [0.2, 0.25) is 5.91 Å². The number of pyridine rings is 1. The van der Waals surface area contributed by atoms with Gasteiger partial charge in [0.25, 0.3) is 11.6 Å². The number of hydrogen-bond acceptors (Lipinski definition) is 7. The standard InChI is InChI=1S/C25H31N5O5/c1-18(31)28-12-14-29(15-13-28)21-10-9-20(16-22(21)30(33)34)25(32)27-24-23(8-5-11-26-24)35-17-19-6-3-2-4-7-19/h5,8-11,16,19H,2-4,6-7,12-15,17H2,1H3,(H,26,27,32). The molecule has 0 unspecified atom stereocenters. The minimum atomic E-state index is -0.498. The zero-order chi connectivity index (χ0) is 24.8. The van der Waals surface area contributed by atoms with Crippen LogP contribution in [0.2, 0.25) is 0 Å². The molecule has 1 N–H and O–H groups in total. The van der Waals surface area contributed by atoms with Crippen molar-refractivity contribution in [2.75, 3.05) is 43.0 Å². The molecule has 186 valence electrons. The van der Waals surface area contributed by atoms with Gasteiger partial charge in [0.05, 0.1) is 11.5 Å². The highest BCUT2D eigenvalue weighted by Crippen LogP contribution is 2.31. The number of amides is 2. The van der Waals surface area contributed by atoms with E-state index in [0.717, 1.165) is 12.8 Å². The van der Waals surface area contributed by atoms with Crippen LogP contribution >= 0.6 is 0 Å². The molecular weight excluding hydrogens is 450 g/mol. The largest absolute Gasteiger partial charge is 0.489 e. The second-order valence-corrected chi connectivity index (χ2v) is 9.07. The Balaban J connectivity index is 1.46. The second kappa shape index (κ2) is 11.2. The highest BCUT2D eigenvalue weighted by molar-refractivity contribution is 6.05. The van der Waals surface area contributed by atoms with Gasteiger partial charge in [-0.15, -0.1) is 0 Å². The van der Waals surface area contributed by atoms with Crippen molar-refractivity contribution in [3.63, 3.8) is 0 Å². The molecule has 2 aliphatic rings. The van der Waals surface area contributed by atoms with Gasteiger partial charge in [-0.1, -0.05) is 19.3 Å². The van der Waals surface area contributed by atoms with Crippen LogP contribution in [0.1, 0.15) is 49.4 Å². The number of benzene rings is 1. The Morgan fingerprint density at radius 1 is 1.14 bits per heavy atom. The maximum Gasteiger partial charge on any atom is 0.293 e. The summed E-state index contributed by atoms with van der Waals surface area (Å²) in [6, 6.07) is 7.96. The number of aromatic nitrogens is 1. The number of nitrogens with zero attached hydrogens (tertiary/aromatic N) is 4. The number of rotatable bonds is 7. The Morgan fingerprint density at radius 2 is 1.89 bits per heavy atom. The van der Waals surface area contributed by atoms with E-state index in [1.165, 1.54) is 32.3 Å². The first kappa shape index (κ1) is 24.4. The Bertz CT molecular complexity index is 1080. The number of anilines is 2. The van der Waals surface area contributed by atoms with Crippen LogP contribution < -0.4 is 15.0 Å². The summed E-state index contributed by atoms with van der Waals surface area (Å²) < 4.78 is 5.98. The first-order valence-corrected chi connectivity index (χ1v) is 12.1. The second-order valence-electron chi connectivity index (χ2n) is 9.07. The van der Waals surface area contributed by atoms with E-state index in [-0.39, 0.29) is 17.2 Å². The van der Waals surface area contributed by atoms with Gasteiger partial charge < -0.3 is 19.9 Å². The lowest BCUT2D eigenvalue weighted by Crippen LogP contribution is -2.48. The number of hydrogen-bond donors (Lipinski definition) is 1. The summed E-state index contributed by atoms with van der Waals surface area (Å²) in [5, 5.41) is 14.6. The lowest BCUT2D eigenvalue weighted by Gasteiger charge is -2.35. The molecule has 10 nitrogen and oxygen atoms in total. The summed E-state index contributed by atoms with van der Waals surface area (Å²) >= 11 is 0. The van der Waals surface area contributed by atoms with Gasteiger partial charge in [0, 0.05) is 50.9 Å². The van der Waals surface area contributed by atoms with Crippen LogP contribution in [-0.4, -0.2) is 59.4 Å². The molecule has 10 heteroatoms. The average molecular weight is 482 g/mol. The zero-order valence-corrected chi connectivity index (χ0v) is 19.9. The average Bonchev–Trinajstić information content (AvgIpc) is 2.88. The maximum absolute atomic E-state index is 13.0. The summed E-state index contributed by atoms with van der Waals surface area (Å²) in [7, 11) is 0. The molecule has 2 aromatic rings. The summed E-state index contributed by atoms with van der Waals surface area (Å²) in [6.45, 7) is 4.06. The Hall–Kier alpha value is -3.69. The molecular formula is C25H31N5O5. The molecule has 4 rings (SSSR count). The predicted molar refractivity (Wildman–Crippen MR) is 132 cm³/mol. The van der Waals surface area contributed by atoms with Gasteiger partial charge in [0.1, 0.15) is 5.69 Å². The molecule has 0 spiro atoms. The fourth-order valence-corrected chi connectivity index (χ4v) is 4.68. The van der Waals surface area contributed by atoms with Crippen LogP contribution in [0.4, 0.5) is 17.2 Å². The molecule has 1 saturated carbocycles. The Kier molecular flexibility index (Phi) is 7.79. The van der Waals surface area contributed by atoms with Gasteiger partial charge in [-0.3, -0.25) is 19.7 Å². The van der Waals surface area contributed by atoms with E-state index in [1.54, 1.807) is 35.4 Å². The van der Waals surface area contributed by atoms with Crippen molar-refractivity contribution in [3.05, 3.63) is 52.2 Å². The highest BCUT2D eigenvalue weighted by atomic mass is 16.6. The normalized spacial score (nSPS) is 16.6. The fourth-order valence-electron chi connectivity index (χ4n) is 4.68. The van der Waals surface area contributed by atoms with Crippen molar-refractivity contribution in [1.29, 1.82) is 0 Å². The summed E-state index contributed by atoms with van der Waals surface area (Å²) in [5.74, 6) is 0.770. The molecule has 1 saturated heterocycles. The summed E-state index contributed by atoms with van der Waals surface area (Å²) in [5.41, 5.74) is 0.444. The minimum absolute atomic E-state index is 0.0113. The molecule has 1 aliphatic carbocycles. The van der Waals surface area contributed by atoms with Crippen molar-refractivity contribution in [3.8, 4) is 5.75 Å². The van der Waals surface area contributed by atoms with E-state index in [4.69, 9.17) is 4.74 Å². The quantitative estimate of drug-likeness (QED) is 0.471. The predicted octanol–water partition coefficient (Wildman–Crippen LogP) is 3.87. The summed E-state index contributed by atoms with van der Waals surface area (Å²) in [4.78, 5) is 43.7. The number of piperazine rings is 1. The first-order valence-electron chi connectivity index (χ1n) is 12.1. The molecule has 1 aromatic heterocycles. The van der Waals surface area contributed by atoms with Crippen molar-refractivity contribution >= 4 is 29.0 Å². The molecule has 2 fully saturated rings. The molecule has 2 heterocycles. The summed E-state index contributed by atoms with van der Waals surface area (Å²) in [6.07, 6.45) is 7.54. The van der Waals surface area contributed by atoms with Gasteiger partial charge in [-0.05, 0) is 43.0 Å².